The lowest BCUT2D eigenvalue weighted by Crippen LogP contribution is -1.91. The zero-order valence-corrected chi connectivity index (χ0v) is 17.4. The highest BCUT2D eigenvalue weighted by Crippen LogP contribution is 2.31. The van der Waals surface area contributed by atoms with Crippen molar-refractivity contribution in [2.45, 2.75) is 6.92 Å². The van der Waals surface area contributed by atoms with Crippen LogP contribution in [-0.2, 0) is 0 Å². The summed E-state index contributed by atoms with van der Waals surface area (Å²) in [5, 5.41) is 0. The molecule has 0 radical (unpaired) electrons. The quantitative estimate of drug-likeness (QED) is 0.306. The molecule has 0 atom stereocenters. The number of rotatable bonds is 3. The third-order valence-electron chi connectivity index (χ3n) is 4.09. The number of hydrogen-bond donors (Lipinski definition) is 0. The van der Waals surface area contributed by atoms with Crippen LogP contribution >= 0.6 is 45.2 Å². The van der Waals surface area contributed by atoms with Gasteiger partial charge in [0.1, 0.15) is 5.82 Å². The maximum Gasteiger partial charge on any atom is 0.136 e. The molecule has 0 aliphatic rings. The van der Waals surface area contributed by atoms with Crippen LogP contribution in [0.1, 0.15) is 11.1 Å². The average molecular weight is 540 g/mol. The summed E-state index contributed by atoms with van der Waals surface area (Å²) in [6.45, 7) is 5.79. The minimum absolute atomic E-state index is 0.162. The first kappa shape index (κ1) is 17.6. The monoisotopic (exact) mass is 540 g/mol. The van der Waals surface area contributed by atoms with Crippen molar-refractivity contribution in [1.29, 1.82) is 0 Å². The normalized spacial score (nSPS) is 10.7. The standard InChI is InChI=1S/C21H15FI2/c1-3-14-4-9-17(12-20(14)23)15-5-7-16(8-6-15)18-10-11-19(22)21(24)13(18)2/h3-12H,1H2,2H3. The molecule has 24 heavy (non-hydrogen) atoms. The van der Waals surface area contributed by atoms with Gasteiger partial charge in [0.15, 0.2) is 0 Å². The van der Waals surface area contributed by atoms with Crippen LogP contribution in [0.15, 0.2) is 61.2 Å². The van der Waals surface area contributed by atoms with E-state index in [4.69, 9.17) is 0 Å². The summed E-state index contributed by atoms with van der Waals surface area (Å²) in [5.41, 5.74) is 6.65. The van der Waals surface area contributed by atoms with Gasteiger partial charge in [0, 0.05) is 3.57 Å². The van der Waals surface area contributed by atoms with Gasteiger partial charge in [-0.15, -0.1) is 0 Å². The number of halogens is 3. The molecule has 3 rings (SSSR count). The first-order chi connectivity index (χ1) is 11.5. The topological polar surface area (TPSA) is 0 Å². The third-order valence-corrected chi connectivity index (χ3v) is 6.35. The van der Waals surface area contributed by atoms with Crippen LogP contribution in [0.2, 0.25) is 0 Å². The van der Waals surface area contributed by atoms with Crippen molar-refractivity contribution >= 4 is 51.3 Å². The fourth-order valence-corrected chi connectivity index (χ4v) is 3.89. The third kappa shape index (κ3) is 3.42. The number of hydrogen-bond acceptors (Lipinski definition) is 0. The van der Waals surface area contributed by atoms with Crippen LogP contribution < -0.4 is 0 Å². The molecular weight excluding hydrogens is 525 g/mol. The lowest BCUT2D eigenvalue weighted by molar-refractivity contribution is 0.619. The van der Waals surface area contributed by atoms with Gasteiger partial charge in [0.2, 0.25) is 0 Å². The predicted molar refractivity (Wildman–Crippen MR) is 118 cm³/mol. The van der Waals surface area contributed by atoms with Gasteiger partial charge in [0.05, 0.1) is 3.57 Å². The minimum atomic E-state index is -0.162. The molecule has 0 bridgehead atoms. The minimum Gasteiger partial charge on any atom is -0.206 e. The molecule has 0 aliphatic carbocycles. The maximum absolute atomic E-state index is 13.6. The Kier molecular flexibility index (Phi) is 5.39. The van der Waals surface area contributed by atoms with Crippen LogP contribution in [0.5, 0.6) is 0 Å². The van der Waals surface area contributed by atoms with Gasteiger partial charge in [-0.05, 0) is 97.6 Å². The summed E-state index contributed by atoms with van der Waals surface area (Å²) < 4.78 is 15.5. The molecule has 0 nitrogen and oxygen atoms in total. The lowest BCUT2D eigenvalue weighted by atomic mass is 9.97. The molecule has 120 valence electrons. The maximum atomic E-state index is 13.6. The van der Waals surface area contributed by atoms with Crippen molar-refractivity contribution in [3.05, 3.63) is 85.3 Å². The summed E-state index contributed by atoms with van der Waals surface area (Å²) in [5.74, 6) is -0.162. The smallest absolute Gasteiger partial charge is 0.136 e. The Morgan fingerprint density at radius 2 is 1.50 bits per heavy atom. The van der Waals surface area contributed by atoms with Crippen molar-refractivity contribution in [3.63, 3.8) is 0 Å². The van der Waals surface area contributed by atoms with Crippen LogP contribution in [0.4, 0.5) is 4.39 Å². The summed E-state index contributed by atoms with van der Waals surface area (Å²) >= 11 is 4.40. The van der Waals surface area contributed by atoms with E-state index in [1.54, 1.807) is 0 Å². The lowest BCUT2D eigenvalue weighted by Gasteiger charge is -2.10. The molecule has 0 unspecified atom stereocenters. The van der Waals surface area contributed by atoms with Crippen LogP contribution in [0.3, 0.4) is 0 Å². The Balaban J connectivity index is 1.98. The molecule has 0 spiro atoms. The van der Waals surface area contributed by atoms with Gasteiger partial charge >= 0.3 is 0 Å². The Hall–Kier alpha value is -1.21. The molecule has 0 saturated heterocycles. The van der Waals surface area contributed by atoms with Crippen LogP contribution in [0.25, 0.3) is 28.3 Å². The molecular formula is C21H15FI2. The summed E-state index contributed by atoms with van der Waals surface area (Å²) in [6, 6.07) is 18.2. The van der Waals surface area contributed by atoms with E-state index in [9.17, 15) is 4.39 Å². The predicted octanol–water partition coefficient (Wildman–Crippen LogP) is 7.32. The second-order valence-electron chi connectivity index (χ2n) is 5.55. The highest BCUT2D eigenvalue weighted by molar-refractivity contribution is 14.1. The fourth-order valence-electron chi connectivity index (χ4n) is 2.68. The van der Waals surface area contributed by atoms with Crippen LogP contribution in [-0.4, -0.2) is 0 Å². The highest BCUT2D eigenvalue weighted by atomic mass is 127. The van der Waals surface area contributed by atoms with Crippen molar-refractivity contribution in [2.24, 2.45) is 0 Å². The van der Waals surface area contributed by atoms with Gasteiger partial charge in [-0.1, -0.05) is 55.1 Å². The molecule has 0 N–H and O–H groups in total. The zero-order valence-electron chi connectivity index (χ0n) is 13.1. The van der Waals surface area contributed by atoms with E-state index < -0.39 is 0 Å². The first-order valence-corrected chi connectivity index (χ1v) is 9.64. The molecule has 0 saturated carbocycles. The summed E-state index contributed by atoms with van der Waals surface area (Å²) in [4.78, 5) is 0. The first-order valence-electron chi connectivity index (χ1n) is 7.48. The van der Waals surface area contributed by atoms with Gasteiger partial charge in [0.25, 0.3) is 0 Å². The Morgan fingerprint density at radius 3 is 2.12 bits per heavy atom. The van der Waals surface area contributed by atoms with E-state index in [-0.39, 0.29) is 5.82 Å². The Labute approximate surface area is 169 Å². The largest absolute Gasteiger partial charge is 0.206 e. The molecule has 3 heteroatoms. The van der Waals surface area contributed by atoms with Gasteiger partial charge < -0.3 is 0 Å². The Morgan fingerprint density at radius 1 is 0.875 bits per heavy atom. The molecule has 3 aromatic rings. The van der Waals surface area contributed by atoms with Crippen LogP contribution in [0, 0.1) is 19.9 Å². The second kappa shape index (κ2) is 7.35. The molecule has 0 aromatic heterocycles. The summed E-state index contributed by atoms with van der Waals surface area (Å²) in [7, 11) is 0. The zero-order chi connectivity index (χ0) is 17.3. The van der Waals surface area contributed by atoms with E-state index >= 15 is 0 Å². The molecule has 3 aromatic carbocycles. The highest BCUT2D eigenvalue weighted by Gasteiger charge is 2.09. The second-order valence-corrected chi connectivity index (χ2v) is 7.79. The van der Waals surface area contributed by atoms with E-state index in [0.717, 1.165) is 22.3 Å². The SMILES string of the molecule is C=Cc1ccc(-c2ccc(-c3ccc(F)c(I)c3C)cc2)cc1I. The van der Waals surface area contributed by atoms with Crippen molar-refractivity contribution < 1.29 is 4.39 Å². The van der Waals surface area contributed by atoms with Crippen molar-refractivity contribution in [1.82, 2.24) is 0 Å². The van der Waals surface area contributed by atoms with E-state index in [2.05, 4.69) is 94.2 Å². The van der Waals surface area contributed by atoms with Crippen molar-refractivity contribution in [3.8, 4) is 22.3 Å². The van der Waals surface area contributed by atoms with Gasteiger partial charge in [-0.2, -0.15) is 0 Å². The Bertz CT molecular complexity index is 912. The van der Waals surface area contributed by atoms with Gasteiger partial charge in [-0.3, -0.25) is 0 Å². The van der Waals surface area contributed by atoms with Crippen molar-refractivity contribution in [2.75, 3.05) is 0 Å². The van der Waals surface area contributed by atoms with E-state index in [1.165, 1.54) is 20.8 Å². The molecule has 0 aliphatic heterocycles. The van der Waals surface area contributed by atoms with E-state index in [0.29, 0.717) is 3.57 Å². The number of benzene rings is 3. The van der Waals surface area contributed by atoms with E-state index in [1.807, 2.05) is 19.1 Å². The average Bonchev–Trinajstić information content (AvgIpc) is 2.60. The molecule has 0 heterocycles. The fraction of sp³-hybridized carbons (Fsp3) is 0.0476. The van der Waals surface area contributed by atoms with Gasteiger partial charge in [-0.25, -0.2) is 4.39 Å². The summed E-state index contributed by atoms with van der Waals surface area (Å²) in [6.07, 6.45) is 1.87. The molecule has 0 fully saturated rings. The molecule has 0 amide bonds.